The van der Waals surface area contributed by atoms with E-state index >= 15 is 0 Å². The summed E-state index contributed by atoms with van der Waals surface area (Å²) in [7, 11) is 1.54. The third kappa shape index (κ3) is 3.97. The summed E-state index contributed by atoms with van der Waals surface area (Å²) in [5.74, 6) is 0.175. The molecule has 3 heterocycles. The molecule has 4 aromatic rings. The average Bonchev–Trinajstić information content (AvgIpc) is 3.34. The molecule has 0 bridgehead atoms. The van der Waals surface area contributed by atoms with E-state index in [1.54, 1.807) is 11.1 Å². The highest BCUT2D eigenvalue weighted by atomic mass is 16.5. The number of hydrogen-bond donors (Lipinski definition) is 1. The SMILES string of the molecule is C=C1CN(C(c2ccccc2)c2ccccc2)[C@@H](C)CN1C(=O)c1cc2cc[nH]c2nc1OC. The van der Waals surface area contributed by atoms with Gasteiger partial charge in [0.05, 0.1) is 13.2 Å². The first-order chi connectivity index (χ1) is 16.6. The maximum atomic E-state index is 13.6. The molecule has 1 aliphatic rings. The van der Waals surface area contributed by atoms with Crippen molar-refractivity contribution in [2.45, 2.75) is 19.0 Å². The van der Waals surface area contributed by atoms with Gasteiger partial charge in [-0.05, 0) is 30.2 Å². The van der Waals surface area contributed by atoms with E-state index in [1.165, 1.54) is 18.2 Å². The molecule has 1 atom stereocenters. The number of piperazine rings is 1. The summed E-state index contributed by atoms with van der Waals surface area (Å²) < 4.78 is 5.45. The highest BCUT2D eigenvalue weighted by Gasteiger charge is 2.36. The van der Waals surface area contributed by atoms with Crippen LogP contribution in [0.5, 0.6) is 5.88 Å². The predicted molar refractivity (Wildman–Crippen MR) is 134 cm³/mol. The van der Waals surface area contributed by atoms with Crippen LogP contribution in [0.25, 0.3) is 11.0 Å². The number of ether oxygens (including phenoxy) is 1. The van der Waals surface area contributed by atoms with Crippen LogP contribution in [-0.4, -0.2) is 51.9 Å². The molecule has 1 aliphatic heterocycles. The van der Waals surface area contributed by atoms with E-state index in [4.69, 9.17) is 4.74 Å². The van der Waals surface area contributed by atoms with E-state index in [2.05, 4.69) is 76.9 Å². The molecular weight excluding hydrogens is 424 g/mol. The van der Waals surface area contributed by atoms with Gasteiger partial charge in [0.25, 0.3) is 5.91 Å². The van der Waals surface area contributed by atoms with Crippen LogP contribution < -0.4 is 4.74 Å². The molecule has 0 spiro atoms. The molecule has 6 heteroatoms. The van der Waals surface area contributed by atoms with E-state index in [9.17, 15) is 4.79 Å². The largest absolute Gasteiger partial charge is 0.480 e. The Bertz CT molecular complexity index is 1280. The highest BCUT2D eigenvalue weighted by Crippen LogP contribution is 2.34. The fourth-order valence-corrected chi connectivity index (χ4v) is 4.79. The van der Waals surface area contributed by atoms with Crippen molar-refractivity contribution in [2.24, 2.45) is 0 Å². The van der Waals surface area contributed by atoms with Gasteiger partial charge in [0, 0.05) is 36.4 Å². The number of methoxy groups -OCH3 is 1. The Kier molecular flexibility index (Phi) is 5.90. The molecule has 1 N–H and O–H groups in total. The van der Waals surface area contributed by atoms with Crippen molar-refractivity contribution in [2.75, 3.05) is 20.2 Å². The lowest BCUT2D eigenvalue weighted by atomic mass is 9.94. The molecule has 2 aromatic carbocycles. The second-order valence-corrected chi connectivity index (χ2v) is 8.69. The lowest BCUT2D eigenvalue weighted by molar-refractivity contribution is 0.0588. The van der Waals surface area contributed by atoms with Gasteiger partial charge in [0.1, 0.15) is 11.2 Å². The van der Waals surface area contributed by atoms with Crippen molar-refractivity contribution >= 4 is 16.9 Å². The quantitative estimate of drug-likeness (QED) is 0.462. The fraction of sp³-hybridized carbons (Fsp3) is 0.214. The molecule has 34 heavy (non-hydrogen) atoms. The van der Waals surface area contributed by atoms with Crippen molar-refractivity contribution in [3.63, 3.8) is 0 Å². The molecule has 1 amide bonds. The molecule has 0 aliphatic carbocycles. The summed E-state index contributed by atoms with van der Waals surface area (Å²) in [6.45, 7) is 7.57. The molecule has 0 saturated carbocycles. The van der Waals surface area contributed by atoms with Crippen LogP contribution in [0.1, 0.15) is 34.5 Å². The number of H-pyrrole nitrogens is 1. The minimum Gasteiger partial charge on any atom is -0.480 e. The number of carbonyl (C=O) groups excluding carboxylic acids is 1. The lowest BCUT2D eigenvalue weighted by Crippen LogP contribution is -2.53. The number of hydrogen-bond acceptors (Lipinski definition) is 4. The number of rotatable bonds is 5. The second-order valence-electron chi connectivity index (χ2n) is 8.69. The Hall–Kier alpha value is -3.90. The van der Waals surface area contributed by atoms with E-state index in [0.29, 0.717) is 30.2 Å². The van der Waals surface area contributed by atoms with Crippen LogP contribution in [0.3, 0.4) is 0 Å². The number of aromatic amines is 1. The molecule has 0 radical (unpaired) electrons. The van der Waals surface area contributed by atoms with E-state index < -0.39 is 0 Å². The lowest BCUT2D eigenvalue weighted by Gasteiger charge is -2.45. The smallest absolute Gasteiger partial charge is 0.263 e. The maximum Gasteiger partial charge on any atom is 0.263 e. The Morgan fingerprint density at radius 1 is 1.09 bits per heavy atom. The molecule has 172 valence electrons. The van der Waals surface area contributed by atoms with Crippen LogP contribution in [0, 0.1) is 0 Å². The molecule has 2 aromatic heterocycles. The number of aromatic nitrogens is 2. The second kappa shape index (κ2) is 9.15. The van der Waals surface area contributed by atoms with Crippen molar-refractivity contribution in [1.29, 1.82) is 0 Å². The van der Waals surface area contributed by atoms with Gasteiger partial charge in [-0.15, -0.1) is 0 Å². The minimum absolute atomic E-state index is 0.0683. The van der Waals surface area contributed by atoms with Crippen molar-refractivity contribution < 1.29 is 9.53 Å². The highest BCUT2D eigenvalue weighted by molar-refractivity contribution is 6.00. The Morgan fingerprint density at radius 3 is 2.35 bits per heavy atom. The van der Waals surface area contributed by atoms with Crippen molar-refractivity contribution in [3.8, 4) is 5.88 Å². The number of nitrogens with one attached hydrogen (secondary N) is 1. The topological polar surface area (TPSA) is 61.5 Å². The van der Waals surface area contributed by atoms with Crippen molar-refractivity contribution in [1.82, 2.24) is 19.8 Å². The summed E-state index contributed by atoms with van der Waals surface area (Å²) >= 11 is 0. The van der Waals surface area contributed by atoms with E-state index in [1.807, 2.05) is 24.3 Å². The zero-order chi connectivity index (χ0) is 23.7. The molecular formula is C28H28N4O2. The van der Waals surface area contributed by atoms with Crippen LogP contribution in [0.15, 0.2) is 91.3 Å². The first-order valence-electron chi connectivity index (χ1n) is 11.4. The summed E-state index contributed by atoms with van der Waals surface area (Å²) in [6, 6.07) is 24.9. The first kappa shape index (κ1) is 21.9. The number of nitrogens with zero attached hydrogens (tertiary/aromatic N) is 3. The summed E-state index contributed by atoms with van der Waals surface area (Å²) in [5.41, 5.74) is 4.34. The number of amides is 1. The van der Waals surface area contributed by atoms with Crippen LogP contribution in [-0.2, 0) is 0 Å². The van der Waals surface area contributed by atoms with Crippen LogP contribution in [0.4, 0.5) is 0 Å². The number of fused-ring (bicyclic) bond motifs is 1. The summed E-state index contributed by atoms with van der Waals surface area (Å²) in [4.78, 5) is 25.4. The van der Waals surface area contributed by atoms with Gasteiger partial charge < -0.3 is 14.6 Å². The molecule has 6 nitrogen and oxygen atoms in total. The van der Waals surface area contributed by atoms with Gasteiger partial charge in [-0.2, -0.15) is 4.98 Å². The average molecular weight is 453 g/mol. The third-order valence-corrected chi connectivity index (χ3v) is 6.49. The number of pyridine rings is 1. The zero-order valence-electron chi connectivity index (χ0n) is 19.4. The van der Waals surface area contributed by atoms with Crippen LogP contribution >= 0.6 is 0 Å². The molecule has 5 rings (SSSR count). The fourth-order valence-electron chi connectivity index (χ4n) is 4.79. The summed E-state index contributed by atoms with van der Waals surface area (Å²) in [6.07, 6.45) is 1.80. The van der Waals surface area contributed by atoms with Gasteiger partial charge in [-0.25, -0.2) is 0 Å². The van der Waals surface area contributed by atoms with Crippen molar-refractivity contribution in [3.05, 3.63) is 108 Å². The van der Waals surface area contributed by atoms with Gasteiger partial charge >= 0.3 is 0 Å². The third-order valence-electron chi connectivity index (χ3n) is 6.49. The Morgan fingerprint density at radius 2 is 1.74 bits per heavy atom. The van der Waals surface area contributed by atoms with Gasteiger partial charge in [0.2, 0.25) is 5.88 Å². The maximum absolute atomic E-state index is 13.6. The predicted octanol–water partition coefficient (Wildman–Crippen LogP) is 5.02. The van der Waals surface area contributed by atoms with Crippen LogP contribution in [0.2, 0.25) is 0 Å². The zero-order valence-corrected chi connectivity index (χ0v) is 19.4. The van der Waals surface area contributed by atoms with E-state index in [0.717, 1.165) is 11.1 Å². The van der Waals surface area contributed by atoms with Gasteiger partial charge in [-0.1, -0.05) is 67.2 Å². The number of benzene rings is 2. The Labute approximate surface area is 199 Å². The standard InChI is InChI=1S/C28H28N4O2/c1-19-18-32(28(33)24-16-23-14-15-29-26(23)30-27(24)34-3)20(2)17-31(19)25(21-10-6-4-7-11-21)22-12-8-5-9-13-22/h4-16,19,25H,2,17-18H2,1,3H3,(H,29,30)/t19-/m0/s1. The Balaban J connectivity index is 1.45. The van der Waals surface area contributed by atoms with Gasteiger partial charge in [0.15, 0.2) is 0 Å². The first-order valence-corrected chi connectivity index (χ1v) is 11.4. The minimum atomic E-state index is -0.139. The molecule has 1 saturated heterocycles. The molecule has 0 unspecified atom stereocenters. The van der Waals surface area contributed by atoms with E-state index in [-0.39, 0.29) is 18.0 Å². The monoisotopic (exact) mass is 452 g/mol. The molecule has 1 fully saturated rings. The normalized spacial score (nSPS) is 16.9. The summed E-state index contributed by atoms with van der Waals surface area (Å²) in [5, 5.41) is 0.870. The number of carbonyl (C=O) groups is 1. The van der Waals surface area contributed by atoms with Gasteiger partial charge in [-0.3, -0.25) is 9.69 Å².